The number of nitrogens with one attached hydrogen (secondary N) is 2. The molecule has 0 saturated carbocycles. The van der Waals surface area contributed by atoms with Gasteiger partial charge in [0.2, 0.25) is 0 Å². The predicted octanol–water partition coefficient (Wildman–Crippen LogP) is 0.903. The number of aromatic nitrogens is 3. The molecule has 1 aliphatic rings. The van der Waals surface area contributed by atoms with Gasteiger partial charge in [0.15, 0.2) is 5.65 Å². The Morgan fingerprint density at radius 3 is 3.16 bits per heavy atom. The molecule has 0 aromatic carbocycles. The lowest BCUT2D eigenvalue weighted by atomic mass is 10.0. The van der Waals surface area contributed by atoms with E-state index in [1.807, 2.05) is 6.07 Å². The van der Waals surface area contributed by atoms with Crippen LogP contribution in [0, 0.1) is 0 Å². The number of piperidine rings is 1. The van der Waals surface area contributed by atoms with Crippen molar-refractivity contribution in [1.29, 1.82) is 0 Å². The maximum absolute atomic E-state index is 11.8. The van der Waals surface area contributed by atoms with Crippen molar-refractivity contribution in [2.24, 2.45) is 0 Å². The summed E-state index contributed by atoms with van der Waals surface area (Å²) in [5.74, 6) is -0.156. The Morgan fingerprint density at radius 2 is 2.42 bits per heavy atom. The number of amides is 1. The maximum Gasteiger partial charge on any atom is 0.256 e. The molecule has 1 atom stereocenters. The van der Waals surface area contributed by atoms with Gasteiger partial charge >= 0.3 is 0 Å². The molecular formula is C13H17N5O. The van der Waals surface area contributed by atoms with Gasteiger partial charge in [0.1, 0.15) is 5.56 Å². The van der Waals surface area contributed by atoms with E-state index in [2.05, 4.69) is 20.7 Å². The zero-order valence-corrected chi connectivity index (χ0v) is 10.9. The van der Waals surface area contributed by atoms with Crippen LogP contribution in [0.2, 0.25) is 0 Å². The normalized spacial score (nSPS) is 19.5. The molecule has 1 aliphatic heterocycles. The second-order valence-electron chi connectivity index (χ2n) is 4.74. The predicted molar refractivity (Wildman–Crippen MR) is 71.0 cm³/mol. The summed E-state index contributed by atoms with van der Waals surface area (Å²) in [7, 11) is 1.61. The fourth-order valence-electron chi connectivity index (χ4n) is 2.57. The zero-order chi connectivity index (χ0) is 13.2. The minimum atomic E-state index is -0.156. The summed E-state index contributed by atoms with van der Waals surface area (Å²) in [4.78, 5) is 16.0. The van der Waals surface area contributed by atoms with Crippen LogP contribution < -0.4 is 10.6 Å². The molecule has 0 radical (unpaired) electrons. The van der Waals surface area contributed by atoms with E-state index in [0.29, 0.717) is 11.2 Å². The molecule has 1 amide bonds. The van der Waals surface area contributed by atoms with E-state index >= 15 is 0 Å². The first-order valence-electron chi connectivity index (χ1n) is 6.59. The second-order valence-corrected chi connectivity index (χ2v) is 4.74. The summed E-state index contributed by atoms with van der Waals surface area (Å²) in [5, 5.41) is 10.4. The van der Waals surface area contributed by atoms with Crippen LogP contribution in [0.4, 0.5) is 0 Å². The van der Waals surface area contributed by atoms with E-state index in [-0.39, 0.29) is 11.9 Å². The first-order chi connectivity index (χ1) is 9.31. The van der Waals surface area contributed by atoms with Crippen molar-refractivity contribution in [2.75, 3.05) is 13.6 Å². The highest BCUT2D eigenvalue weighted by Gasteiger charge is 2.20. The monoisotopic (exact) mass is 259 g/mol. The summed E-state index contributed by atoms with van der Waals surface area (Å²) >= 11 is 0. The van der Waals surface area contributed by atoms with E-state index in [1.165, 1.54) is 12.8 Å². The third-order valence-electron chi connectivity index (χ3n) is 3.57. The molecule has 2 aromatic heterocycles. The zero-order valence-electron chi connectivity index (χ0n) is 10.9. The van der Waals surface area contributed by atoms with Gasteiger partial charge < -0.3 is 10.6 Å². The van der Waals surface area contributed by atoms with Crippen molar-refractivity contribution in [3.63, 3.8) is 0 Å². The van der Waals surface area contributed by atoms with Gasteiger partial charge in [-0.05, 0) is 25.5 Å². The Morgan fingerprint density at radius 1 is 1.53 bits per heavy atom. The fourth-order valence-corrected chi connectivity index (χ4v) is 2.57. The Bertz CT molecular complexity index is 600. The van der Waals surface area contributed by atoms with Crippen LogP contribution in [-0.2, 0) is 0 Å². The van der Waals surface area contributed by atoms with Crippen molar-refractivity contribution in [3.8, 4) is 0 Å². The third kappa shape index (κ3) is 2.08. The summed E-state index contributed by atoms with van der Waals surface area (Å²) in [6.07, 6.45) is 6.84. The highest BCUT2D eigenvalue weighted by atomic mass is 16.1. The molecule has 3 heterocycles. The van der Waals surface area contributed by atoms with Gasteiger partial charge in [0.05, 0.1) is 11.9 Å². The summed E-state index contributed by atoms with van der Waals surface area (Å²) in [6, 6.07) is 2.26. The molecule has 1 unspecified atom stereocenters. The van der Waals surface area contributed by atoms with Crippen molar-refractivity contribution in [1.82, 2.24) is 25.2 Å². The van der Waals surface area contributed by atoms with Gasteiger partial charge in [0, 0.05) is 19.3 Å². The topological polar surface area (TPSA) is 71.3 Å². The second kappa shape index (κ2) is 4.97. The Balaban J connectivity index is 2.06. The average molecular weight is 259 g/mol. The molecule has 2 aromatic rings. The van der Waals surface area contributed by atoms with Gasteiger partial charge in [0.25, 0.3) is 5.91 Å². The van der Waals surface area contributed by atoms with Crippen molar-refractivity contribution < 1.29 is 4.79 Å². The van der Waals surface area contributed by atoms with Crippen LogP contribution in [-0.4, -0.2) is 34.1 Å². The van der Waals surface area contributed by atoms with E-state index in [0.717, 1.165) is 18.7 Å². The molecule has 1 saturated heterocycles. The molecule has 0 aliphatic carbocycles. The maximum atomic E-state index is 11.8. The lowest BCUT2D eigenvalue weighted by Crippen LogP contribution is -2.28. The van der Waals surface area contributed by atoms with Crippen LogP contribution in [0.5, 0.6) is 0 Å². The molecule has 100 valence electrons. The largest absolute Gasteiger partial charge is 0.355 e. The first-order valence-corrected chi connectivity index (χ1v) is 6.59. The summed E-state index contributed by atoms with van der Waals surface area (Å²) in [6.45, 7) is 1.03. The average Bonchev–Trinajstić information content (AvgIpc) is 2.91. The molecule has 0 spiro atoms. The van der Waals surface area contributed by atoms with Crippen LogP contribution >= 0.6 is 0 Å². The molecule has 0 bridgehead atoms. The Kier molecular flexibility index (Phi) is 3.16. The quantitative estimate of drug-likeness (QED) is 0.840. The van der Waals surface area contributed by atoms with Crippen molar-refractivity contribution in [3.05, 3.63) is 29.7 Å². The minimum absolute atomic E-state index is 0.156. The van der Waals surface area contributed by atoms with Gasteiger partial charge in [-0.2, -0.15) is 5.10 Å². The van der Waals surface area contributed by atoms with Crippen LogP contribution in [0.3, 0.4) is 0 Å². The van der Waals surface area contributed by atoms with E-state index < -0.39 is 0 Å². The number of rotatable bonds is 2. The number of carbonyl (C=O) groups is 1. The highest BCUT2D eigenvalue weighted by molar-refractivity contribution is 5.99. The minimum Gasteiger partial charge on any atom is -0.355 e. The molecule has 3 rings (SSSR count). The Hall–Kier alpha value is -1.95. The fraction of sp³-hybridized carbons (Fsp3) is 0.462. The third-order valence-corrected chi connectivity index (χ3v) is 3.57. The molecule has 1 fully saturated rings. The van der Waals surface area contributed by atoms with Crippen LogP contribution in [0.1, 0.15) is 41.4 Å². The molecule has 6 nitrogen and oxygen atoms in total. The SMILES string of the molecule is CNC(=O)c1cnn2c(C3CCCCN3)ccnc12. The van der Waals surface area contributed by atoms with Crippen molar-refractivity contribution >= 4 is 11.6 Å². The first kappa shape index (κ1) is 12.1. The molecule has 6 heteroatoms. The lowest BCUT2D eigenvalue weighted by Gasteiger charge is -2.23. The molecule has 19 heavy (non-hydrogen) atoms. The smallest absolute Gasteiger partial charge is 0.256 e. The van der Waals surface area contributed by atoms with Gasteiger partial charge in [-0.1, -0.05) is 6.42 Å². The van der Waals surface area contributed by atoms with E-state index in [9.17, 15) is 4.79 Å². The van der Waals surface area contributed by atoms with Gasteiger partial charge in [-0.25, -0.2) is 9.50 Å². The summed E-state index contributed by atoms with van der Waals surface area (Å²) in [5.41, 5.74) is 2.20. The number of hydrogen-bond acceptors (Lipinski definition) is 4. The van der Waals surface area contributed by atoms with Crippen LogP contribution in [0.15, 0.2) is 18.5 Å². The Labute approximate surface area is 111 Å². The lowest BCUT2D eigenvalue weighted by molar-refractivity contribution is 0.0964. The van der Waals surface area contributed by atoms with E-state index in [1.54, 1.807) is 24.0 Å². The highest BCUT2D eigenvalue weighted by Crippen LogP contribution is 2.23. The van der Waals surface area contributed by atoms with Gasteiger partial charge in [-0.15, -0.1) is 0 Å². The van der Waals surface area contributed by atoms with Crippen LogP contribution in [0.25, 0.3) is 5.65 Å². The standard InChI is InChI=1S/C13H17N5O/c1-14-13(19)9-8-17-18-11(5-7-16-12(9)18)10-4-2-3-6-15-10/h5,7-8,10,15H,2-4,6H2,1H3,(H,14,19). The molecular weight excluding hydrogens is 242 g/mol. The number of carbonyl (C=O) groups excluding carboxylic acids is 1. The van der Waals surface area contributed by atoms with E-state index in [4.69, 9.17) is 0 Å². The van der Waals surface area contributed by atoms with Gasteiger partial charge in [-0.3, -0.25) is 4.79 Å². The summed E-state index contributed by atoms with van der Waals surface area (Å²) < 4.78 is 1.77. The molecule has 2 N–H and O–H groups in total. The van der Waals surface area contributed by atoms with Crippen molar-refractivity contribution in [2.45, 2.75) is 25.3 Å². The number of hydrogen-bond donors (Lipinski definition) is 2. The number of fused-ring (bicyclic) bond motifs is 1. The number of nitrogens with zero attached hydrogens (tertiary/aromatic N) is 3.